The number of nitrogens with zero attached hydrogens (tertiary/aromatic N) is 1. The van der Waals surface area contributed by atoms with Gasteiger partial charge in [0.05, 0.1) is 6.04 Å². The predicted octanol–water partition coefficient (Wildman–Crippen LogP) is 3.94. The van der Waals surface area contributed by atoms with E-state index in [2.05, 4.69) is 35.5 Å². The summed E-state index contributed by atoms with van der Waals surface area (Å²) in [5, 5.41) is 7.03. The van der Waals surface area contributed by atoms with Gasteiger partial charge in [0.25, 0.3) is 5.91 Å². The second kappa shape index (κ2) is 9.45. The molecule has 3 N–H and O–H groups in total. The molecule has 0 radical (unpaired) electrons. The lowest BCUT2D eigenvalue weighted by Gasteiger charge is -2.38. The molecule has 0 fully saturated rings. The van der Waals surface area contributed by atoms with Crippen molar-refractivity contribution in [2.75, 3.05) is 6.54 Å². The van der Waals surface area contributed by atoms with Crippen molar-refractivity contribution in [2.45, 2.75) is 58.7 Å². The summed E-state index contributed by atoms with van der Waals surface area (Å²) in [6, 6.07) is 13.9. The second-order valence-corrected chi connectivity index (χ2v) is 10.7. The van der Waals surface area contributed by atoms with Crippen LogP contribution in [-0.4, -0.2) is 46.2 Å². The van der Waals surface area contributed by atoms with E-state index in [-0.39, 0.29) is 29.7 Å². The Morgan fingerprint density at radius 2 is 1.78 bits per heavy atom. The Balaban J connectivity index is 1.49. The number of aromatic nitrogens is 1. The van der Waals surface area contributed by atoms with Gasteiger partial charge in [-0.3, -0.25) is 14.4 Å². The van der Waals surface area contributed by atoms with Gasteiger partial charge in [-0.2, -0.15) is 0 Å². The van der Waals surface area contributed by atoms with E-state index in [1.807, 2.05) is 56.3 Å². The van der Waals surface area contributed by atoms with E-state index in [0.29, 0.717) is 24.4 Å². The van der Waals surface area contributed by atoms with Crippen LogP contribution in [0.5, 0.6) is 0 Å². The van der Waals surface area contributed by atoms with Gasteiger partial charge in [-0.25, -0.2) is 0 Å². The van der Waals surface area contributed by atoms with Crippen molar-refractivity contribution in [3.05, 3.63) is 70.9 Å². The van der Waals surface area contributed by atoms with E-state index in [1.165, 1.54) is 0 Å². The topological polar surface area (TPSA) is 94.3 Å². The van der Waals surface area contributed by atoms with Crippen LogP contribution in [-0.2, 0) is 16.0 Å². The number of benzene rings is 2. The molecule has 0 bridgehead atoms. The van der Waals surface area contributed by atoms with E-state index in [0.717, 1.165) is 34.1 Å². The van der Waals surface area contributed by atoms with Crippen LogP contribution in [0.2, 0.25) is 0 Å². The highest BCUT2D eigenvalue weighted by Crippen LogP contribution is 2.46. The summed E-state index contributed by atoms with van der Waals surface area (Å²) in [5.41, 5.74) is 4.53. The van der Waals surface area contributed by atoms with Crippen LogP contribution in [0.3, 0.4) is 0 Å². The fourth-order valence-electron chi connectivity index (χ4n) is 5.52. The van der Waals surface area contributed by atoms with E-state index in [4.69, 9.17) is 0 Å². The number of hydrogen-bond donors (Lipinski definition) is 3. The van der Waals surface area contributed by atoms with Gasteiger partial charge in [0.2, 0.25) is 11.8 Å². The summed E-state index contributed by atoms with van der Waals surface area (Å²) in [5.74, 6) is -0.250. The number of carbonyl (C=O) groups is 3. The monoisotopic (exact) mass is 486 g/mol. The van der Waals surface area contributed by atoms with Crippen LogP contribution in [0.15, 0.2) is 48.5 Å². The van der Waals surface area contributed by atoms with Gasteiger partial charge in [-0.15, -0.1) is 0 Å². The van der Waals surface area contributed by atoms with Crippen LogP contribution < -0.4 is 10.6 Å². The van der Waals surface area contributed by atoms with Crippen molar-refractivity contribution in [1.29, 1.82) is 0 Å². The van der Waals surface area contributed by atoms with Crippen molar-refractivity contribution in [2.24, 2.45) is 11.8 Å². The molecule has 1 unspecified atom stereocenters. The Kier molecular flexibility index (Phi) is 6.33. The van der Waals surface area contributed by atoms with E-state index < -0.39 is 12.1 Å². The SMILES string of the molecule is CC(C)CCNC(=O)[C@@H](NC(=O)[C@@H]1Cc2c([nH]c3ccccc23)C2c3ccccc3C(=O)N21)C(C)C. The average molecular weight is 487 g/mol. The smallest absolute Gasteiger partial charge is 0.255 e. The number of para-hydroxylation sites is 1. The molecular weight excluding hydrogens is 452 g/mol. The van der Waals surface area contributed by atoms with Gasteiger partial charge in [0.1, 0.15) is 12.1 Å². The third-order valence-corrected chi connectivity index (χ3v) is 7.42. The van der Waals surface area contributed by atoms with Crippen molar-refractivity contribution < 1.29 is 14.4 Å². The summed E-state index contributed by atoms with van der Waals surface area (Å²) in [6.45, 7) is 8.63. The highest BCUT2D eigenvalue weighted by atomic mass is 16.2. The highest BCUT2D eigenvalue weighted by molar-refractivity contribution is 6.04. The maximum absolute atomic E-state index is 13.8. The van der Waals surface area contributed by atoms with Crippen LogP contribution in [0.25, 0.3) is 10.9 Å². The first-order chi connectivity index (χ1) is 17.3. The Morgan fingerprint density at radius 3 is 2.53 bits per heavy atom. The zero-order valence-corrected chi connectivity index (χ0v) is 21.3. The van der Waals surface area contributed by atoms with Crippen LogP contribution >= 0.6 is 0 Å². The quantitative estimate of drug-likeness (QED) is 0.472. The number of carbonyl (C=O) groups excluding carboxylic acids is 3. The van der Waals surface area contributed by atoms with E-state index >= 15 is 0 Å². The molecular formula is C29H34N4O3. The average Bonchev–Trinajstić information content (AvgIpc) is 3.37. The molecule has 2 aromatic carbocycles. The first-order valence-corrected chi connectivity index (χ1v) is 12.9. The Bertz CT molecular complexity index is 1330. The summed E-state index contributed by atoms with van der Waals surface area (Å²) in [7, 11) is 0. The number of H-pyrrole nitrogens is 1. The fraction of sp³-hybridized carbons (Fsp3) is 0.414. The molecule has 3 aromatic rings. The first kappa shape index (κ1) is 24.1. The Morgan fingerprint density at radius 1 is 1.06 bits per heavy atom. The lowest BCUT2D eigenvalue weighted by molar-refractivity contribution is -0.132. The summed E-state index contributed by atoms with van der Waals surface area (Å²) in [6.07, 6.45) is 1.26. The standard InChI is InChI=1S/C29H34N4O3/c1-16(2)13-14-30-28(35)24(17(3)4)32-27(34)23-15-21-18-9-7-8-12-22(18)31-25(21)26-19-10-5-6-11-20(19)29(36)33(23)26/h5-12,16-17,23-24,26,31H,13-15H2,1-4H3,(H,30,35)(H,32,34)/t23-,24-,26?/m0/s1. The number of nitrogens with one attached hydrogen (secondary N) is 3. The number of fused-ring (bicyclic) bond motifs is 7. The molecule has 188 valence electrons. The molecule has 1 aromatic heterocycles. The maximum Gasteiger partial charge on any atom is 0.255 e. The first-order valence-electron chi connectivity index (χ1n) is 12.9. The van der Waals surface area contributed by atoms with E-state index in [9.17, 15) is 14.4 Å². The van der Waals surface area contributed by atoms with Crippen molar-refractivity contribution in [1.82, 2.24) is 20.5 Å². The Labute approximate surface area is 211 Å². The van der Waals surface area contributed by atoms with Gasteiger partial charge in [0.15, 0.2) is 0 Å². The molecule has 36 heavy (non-hydrogen) atoms. The number of rotatable bonds is 7. The molecule has 3 atom stereocenters. The van der Waals surface area contributed by atoms with E-state index in [1.54, 1.807) is 4.90 Å². The minimum absolute atomic E-state index is 0.0949. The molecule has 7 heteroatoms. The molecule has 2 aliphatic heterocycles. The number of hydrogen-bond acceptors (Lipinski definition) is 3. The van der Waals surface area contributed by atoms with Gasteiger partial charge in [-0.1, -0.05) is 64.1 Å². The van der Waals surface area contributed by atoms with Crippen LogP contribution in [0.4, 0.5) is 0 Å². The zero-order chi connectivity index (χ0) is 25.6. The maximum atomic E-state index is 13.8. The zero-order valence-electron chi connectivity index (χ0n) is 21.3. The second-order valence-electron chi connectivity index (χ2n) is 10.7. The van der Waals surface area contributed by atoms with Gasteiger partial charge >= 0.3 is 0 Å². The van der Waals surface area contributed by atoms with Crippen molar-refractivity contribution in [3.8, 4) is 0 Å². The molecule has 0 saturated carbocycles. The lowest BCUT2D eigenvalue weighted by atomic mass is 9.89. The third kappa shape index (κ3) is 4.06. The molecule has 0 spiro atoms. The van der Waals surface area contributed by atoms with Crippen molar-refractivity contribution in [3.63, 3.8) is 0 Å². The Hall–Kier alpha value is -3.61. The molecule has 3 heterocycles. The predicted molar refractivity (Wildman–Crippen MR) is 139 cm³/mol. The summed E-state index contributed by atoms with van der Waals surface area (Å²) < 4.78 is 0. The highest BCUT2D eigenvalue weighted by Gasteiger charge is 2.49. The van der Waals surface area contributed by atoms with Crippen LogP contribution in [0, 0.1) is 11.8 Å². The summed E-state index contributed by atoms with van der Waals surface area (Å²) >= 11 is 0. The molecule has 2 aliphatic rings. The minimum atomic E-state index is -0.716. The fourth-order valence-corrected chi connectivity index (χ4v) is 5.52. The van der Waals surface area contributed by atoms with Gasteiger partial charge in [-0.05, 0) is 41.5 Å². The van der Waals surface area contributed by atoms with Gasteiger partial charge in [0, 0.05) is 35.1 Å². The van der Waals surface area contributed by atoms with Crippen molar-refractivity contribution >= 4 is 28.6 Å². The largest absolute Gasteiger partial charge is 0.356 e. The molecule has 7 nitrogen and oxygen atoms in total. The van der Waals surface area contributed by atoms with Gasteiger partial charge < -0.3 is 20.5 Å². The molecule has 0 aliphatic carbocycles. The molecule has 0 saturated heterocycles. The lowest BCUT2D eigenvalue weighted by Crippen LogP contribution is -2.57. The normalized spacial score (nSPS) is 19.3. The van der Waals surface area contributed by atoms with Crippen LogP contribution in [0.1, 0.15) is 67.3 Å². The summed E-state index contributed by atoms with van der Waals surface area (Å²) in [4.78, 5) is 45.6. The third-order valence-electron chi connectivity index (χ3n) is 7.42. The number of aromatic amines is 1. The molecule has 5 rings (SSSR count). The molecule has 3 amide bonds. The number of amides is 3. The minimum Gasteiger partial charge on any atom is -0.356 e.